The molecule has 1 unspecified atom stereocenters. The normalized spacial score (nSPS) is 18.5. The Balaban J connectivity index is 1.83. The topological polar surface area (TPSA) is 49.4 Å². The predicted molar refractivity (Wildman–Crippen MR) is 90.9 cm³/mol. The zero-order valence-corrected chi connectivity index (χ0v) is 14.5. The summed E-state index contributed by atoms with van der Waals surface area (Å²) in [6.07, 6.45) is 11.9. The van der Waals surface area contributed by atoms with Crippen LogP contribution in [-0.4, -0.2) is 42.8 Å². The lowest BCUT2D eigenvalue weighted by Crippen LogP contribution is -2.36. The highest BCUT2D eigenvalue weighted by Gasteiger charge is 2.20. The monoisotopic (exact) mass is 310 g/mol. The highest BCUT2D eigenvalue weighted by molar-refractivity contribution is 5.76. The van der Waals surface area contributed by atoms with Gasteiger partial charge in [0.15, 0.2) is 0 Å². The van der Waals surface area contributed by atoms with Crippen molar-refractivity contribution >= 4 is 11.7 Å². The molecule has 0 aliphatic carbocycles. The van der Waals surface area contributed by atoms with Crippen LogP contribution in [0.4, 0.5) is 0 Å². The van der Waals surface area contributed by atoms with Crippen LogP contribution in [0.2, 0.25) is 0 Å². The molecule has 0 saturated carbocycles. The summed E-state index contributed by atoms with van der Waals surface area (Å²) in [6, 6.07) is 0.368. The van der Waals surface area contributed by atoms with E-state index in [0.29, 0.717) is 18.2 Å². The Bertz CT molecular complexity index is 331. The summed E-state index contributed by atoms with van der Waals surface area (Å²) in [5.74, 6) is 0.534. The van der Waals surface area contributed by atoms with Crippen LogP contribution in [0.1, 0.15) is 77.6 Å². The zero-order valence-electron chi connectivity index (χ0n) is 14.5. The minimum Gasteiger partial charge on any atom is -0.352 e. The number of amides is 1. The lowest BCUT2D eigenvalue weighted by molar-refractivity contribution is -0.122. The maximum Gasteiger partial charge on any atom is 0.220 e. The van der Waals surface area contributed by atoms with E-state index in [1.807, 2.05) is 0 Å². The Morgan fingerprint density at radius 1 is 0.955 bits per heavy atom. The molecule has 1 saturated heterocycles. The number of likely N-dealkylation sites (tertiary alicyclic amines) is 1. The first-order chi connectivity index (χ1) is 10.6. The molecule has 1 atom stereocenters. The van der Waals surface area contributed by atoms with Crippen molar-refractivity contribution in [1.82, 2.24) is 10.2 Å². The fraction of sp³-hybridized carbons (Fsp3) is 0.889. The molecular weight excluding hydrogens is 276 g/mol. The number of unbranched alkanes of at least 4 members (excludes halogenated alkanes) is 7. The van der Waals surface area contributed by atoms with E-state index in [0.717, 1.165) is 45.2 Å². The number of hydrogen-bond acceptors (Lipinski definition) is 3. The molecule has 1 N–H and O–H groups in total. The van der Waals surface area contributed by atoms with Crippen molar-refractivity contribution in [3.63, 3.8) is 0 Å². The first-order valence-corrected chi connectivity index (χ1v) is 9.05. The summed E-state index contributed by atoms with van der Waals surface area (Å²) in [5.41, 5.74) is 0. The van der Waals surface area contributed by atoms with Crippen molar-refractivity contribution in [3.8, 4) is 0 Å². The Hall–Kier alpha value is -0.900. The fourth-order valence-corrected chi connectivity index (χ4v) is 3.07. The number of ketones is 1. The summed E-state index contributed by atoms with van der Waals surface area (Å²) in [7, 11) is 2.10. The van der Waals surface area contributed by atoms with Crippen molar-refractivity contribution in [1.29, 1.82) is 0 Å². The van der Waals surface area contributed by atoms with E-state index in [1.165, 1.54) is 32.1 Å². The van der Waals surface area contributed by atoms with Crippen LogP contribution in [-0.2, 0) is 9.59 Å². The maximum absolute atomic E-state index is 11.8. The third-order valence-corrected chi connectivity index (χ3v) is 4.44. The molecule has 0 aromatic carbocycles. The van der Waals surface area contributed by atoms with Crippen molar-refractivity contribution in [2.24, 2.45) is 0 Å². The molecule has 4 nitrogen and oxygen atoms in total. The molecular formula is C18H34N2O2. The zero-order chi connectivity index (χ0) is 16.2. The number of nitrogens with zero attached hydrogens (tertiary/aromatic N) is 1. The summed E-state index contributed by atoms with van der Waals surface area (Å²) >= 11 is 0. The van der Waals surface area contributed by atoms with Gasteiger partial charge in [0.05, 0.1) is 0 Å². The first-order valence-electron chi connectivity index (χ1n) is 9.05. The van der Waals surface area contributed by atoms with Crippen LogP contribution in [0.25, 0.3) is 0 Å². The van der Waals surface area contributed by atoms with Crippen molar-refractivity contribution in [3.05, 3.63) is 0 Å². The number of nitrogens with one attached hydrogen (secondary N) is 1. The Morgan fingerprint density at radius 2 is 1.50 bits per heavy atom. The Kier molecular flexibility index (Phi) is 10.1. The van der Waals surface area contributed by atoms with Gasteiger partial charge in [-0.15, -0.1) is 0 Å². The highest BCUT2D eigenvalue weighted by Crippen LogP contribution is 2.11. The lowest BCUT2D eigenvalue weighted by atomic mass is 10.1. The van der Waals surface area contributed by atoms with Crippen molar-refractivity contribution in [2.45, 2.75) is 83.6 Å². The van der Waals surface area contributed by atoms with E-state index in [2.05, 4.69) is 17.3 Å². The van der Waals surface area contributed by atoms with Crippen LogP contribution in [0.3, 0.4) is 0 Å². The molecule has 4 heteroatoms. The molecule has 1 fully saturated rings. The van der Waals surface area contributed by atoms with E-state index >= 15 is 0 Å². The largest absolute Gasteiger partial charge is 0.352 e. The van der Waals surface area contributed by atoms with Gasteiger partial charge in [-0.1, -0.05) is 38.5 Å². The molecule has 0 radical (unpaired) electrons. The van der Waals surface area contributed by atoms with Crippen LogP contribution in [0.15, 0.2) is 0 Å². The Morgan fingerprint density at radius 3 is 2.00 bits per heavy atom. The van der Waals surface area contributed by atoms with Gasteiger partial charge < -0.3 is 15.0 Å². The number of hydrogen-bond donors (Lipinski definition) is 1. The van der Waals surface area contributed by atoms with Crippen LogP contribution >= 0.6 is 0 Å². The van der Waals surface area contributed by atoms with E-state index in [-0.39, 0.29) is 5.91 Å². The molecule has 0 spiro atoms. The fourth-order valence-electron chi connectivity index (χ4n) is 3.07. The smallest absolute Gasteiger partial charge is 0.220 e. The number of Topliss-reactive ketones (excluding diaryl/α,β-unsaturated/α-hetero) is 1. The standard InChI is InChI=1S/C18H34N2O2/c1-16(21)11-9-7-5-3-4-6-8-10-12-18(22)19-17-13-14-20(2)15-17/h17H,3-15H2,1-2H3,(H,19,22). The van der Waals surface area contributed by atoms with Gasteiger partial charge in [-0.3, -0.25) is 4.79 Å². The van der Waals surface area contributed by atoms with Crippen LogP contribution < -0.4 is 5.32 Å². The average Bonchev–Trinajstić information content (AvgIpc) is 2.85. The quantitative estimate of drug-likeness (QED) is 0.563. The van der Waals surface area contributed by atoms with Gasteiger partial charge in [0.25, 0.3) is 0 Å². The van der Waals surface area contributed by atoms with E-state index < -0.39 is 0 Å². The van der Waals surface area contributed by atoms with Gasteiger partial charge in [0.1, 0.15) is 5.78 Å². The van der Waals surface area contributed by atoms with E-state index in [9.17, 15) is 9.59 Å². The van der Waals surface area contributed by atoms with Crippen molar-refractivity contribution in [2.75, 3.05) is 20.1 Å². The molecule has 0 aromatic rings. The molecule has 1 rings (SSSR count). The highest BCUT2D eigenvalue weighted by atomic mass is 16.1. The summed E-state index contributed by atoms with van der Waals surface area (Å²) in [5, 5.41) is 3.14. The number of likely N-dealkylation sites (N-methyl/N-ethyl adjacent to an activating group) is 1. The molecule has 1 aliphatic heterocycles. The second-order valence-electron chi connectivity index (χ2n) is 6.85. The molecule has 1 amide bonds. The van der Waals surface area contributed by atoms with Gasteiger partial charge in [-0.05, 0) is 39.8 Å². The molecule has 128 valence electrons. The van der Waals surface area contributed by atoms with Crippen LogP contribution in [0, 0.1) is 0 Å². The number of carbonyl (C=O) groups is 2. The summed E-state index contributed by atoms with van der Waals surface area (Å²) < 4.78 is 0. The minimum atomic E-state index is 0.226. The SMILES string of the molecule is CC(=O)CCCCCCCCCCC(=O)NC1CCN(C)C1. The van der Waals surface area contributed by atoms with Gasteiger partial charge in [-0.25, -0.2) is 0 Å². The summed E-state index contributed by atoms with van der Waals surface area (Å²) in [6.45, 7) is 3.76. The molecule has 22 heavy (non-hydrogen) atoms. The number of carbonyl (C=O) groups excluding carboxylic acids is 2. The predicted octanol–water partition coefficient (Wildman–Crippen LogP) is 3.30. The first kappa shape index (κ1) is 19.1. The third-order valence-electron chi connectivity index (χ3n) is 4.44. The van der Waals surface area contributed by atoms with Crippen LogP contribution in [0.5, 0.6) is 0 Å². The second-order valence-corrected chi connectivity index (χ2v) is 6.85. The third kappa shape index (κ3) is 9.93. The molecule has 0 bridgehead atoms. The second kappa shape index (κ2) is 11.6. The summed E-state index contributed by atoms with van der Waals surface area (Å²) in [4.78, 5) is 24.9. The average molecular weight is 310 g/mol. The molecule has 1 aliphatic rings. The lowest BCUT2D eigenvalue weighted by Gasteiger charge is -2.12. The van der Waals surface area contributed by atoms with E-state index in [4.69, 9.17) is 0 Å². The minimum absolute atomic E-state index is 0.226. The van der Waals surface area contributed by atoms with Crippen molar-refractivity contribution < 1.29 is 9.59 Å². The molecule has 0 aromatic heterocycles. The Labute approximate surface area is 136 Å². The van der Waals surface area contributed by atoms with E-state index in [1.54, 1.807) is 6.92 Å². The molecule has 1 heterocycles. The maximum atomic E-state index is 11.8. The van der Waals surface area contributed by atoms with Gasteiger partial charge in [-0.2, -0.15) is 0 Å². The van der Waals surface area contributed by atoms with Gasteiger partial charge in [0.2, 0.25) is 5.91 Å². The van der Waals surface area contributed by atoms with Gasteiger partial charge >= 0.3 is 0 Å². The van der Waals surface area contributed by atoms with Gasteiger partial charge in [0, 0.05) is 25.4 Å². The number of rotatable bonds is 12.